The first-order valence-corrected chi connectivity index (χ1v) is 8.88. The van der Waals surface area contributed by atoms with E-state index in [-0.39, 0.29) is 11.5 Å². The molecule has 140 valence electrons. The highest BCUT2D eigenvalue weighted by molar-refractivity contribution is 6.04. The molecule has 0 spiro atoms. The quantitative estimate of drug-likeness (QED) is 0.499. The molecule has 0 aliphatic carbocycles. The second kappa shape index (κ2) is 6.68. The first-order chi connectivity index (χ1) is 14.2. The zero-order valence-corrected chi connectivity index (χ0v) is 15.0. The molecule has 0 saturated heterocycles. The number of amides is 1. The summed E-state index contributed by atoms with van der Waals surface area (Å²) in [6.07, 6.45) is 2.82. The van der Waals surface area contributed by atoms with Crippen LogP contribution in [0.2, 0.25) is 0 Å². The lowest BCUT2D eigenvalue weighted by Gasteiger charge is -2.07. The summed E-state index contributed by atoms with van der Waals surface area (Å²) in [5, 5.41) is 8.46. The van der Waals surface area contributed by atoms with Crippen LogP contribution in [-0.4, -0.2) is 30.6 Å². The van der Waals surface area contributed by atoms with Crippen molar-refractivity contribution in [3.63, 3.8) is 0 Å². The van der Waals surface area contributed by atoms with Gasteiger partial charge in [-0.3, -0.25) is 9.59 Å². The number of carbonyl (C=O) groups is 1. The Hall–Kier alpha value is -4.33. The van der Waals surface area contributed by atoms with E-state index in [9.17, 15) is 9.59 Å². The lowest BCUT2D eigenvalue weighted by molar-refractivity contribution is 0.102. The lowest BCUT2D eigenvalue weighted by Crippen LogP contribution is -2.13. The van der Waals surface area contributed by atoms with Gasteiger partial charge in [0.2, 0.25) is 0 Å². The molecule has 8 nitrogen and oxygen atoms in total. The Balaban J connectivity index is 1.40. The summed E-state index contributed by atoms with van der Waals surface area (Å²) < 4.78 is 1.57. The summed E-state index contributed by atoms with van der Waals surface area (Å²) in [6.45, 7) is 0. The third-order valence-corrected chi connectivity index (χ3v) is 4.57. The second-order valence-corrected chi connectivity index (χ2v) is 6.42. The molecule has 5 rings (SSSR count). The average molecular weight is 382 g/mol. The Morgan fingerprint density at radius 1 is 1.00 bits per heavy atom. The van der Waals surface area contributed by atoms with Gasteiger partial charge in [0.25, 0.3) is 11.5 Å². The van der Waals surface area contributed by atoms with Crippen molar-refractivity contribution in [2.75, 3.05) is 5.32 Å². The van der Waals surface area contributed by atoms with Gasteiger partial charge in [-0.1, -0.05) is 24.3 Å². The standard InChI is InChI=1S/C21H14N6O2/c28-20-16-11-24-27(19(16)22-12-23-20)15-8-6-14(7-9-15)25-21(29)18-10-5-13-3-1-2-4-17(13)26-18/h1-12H,(H,25,29)(H,22,23,28). The van der Waals surface area contributed by atoms with Crippen molar-refractivity contribution in [1.82, 2.24) is 24.7 Å². The molecule has 0 unspecified atom stereocenters. The van der Waals surface area contributed by atoms with Gasteiger partial charge < -0.3 is 10.3 Å². The summed E-state index contributed by atoms with van der Waals surface area (Å²) in [7, 11) is 0. The summed E-state index contributed by atoms with van der Waals surface area (Å²) in [6, 6.07) is 18.3. The number of carbonyl (C=O) groups excluding carboxylic acids is 1. The number of aromatic nitrogens is 5. The number of rotatable bonds is 3. The minimum atomic E-state index is -0.291. The van der Waals surface area contributed by atoms with Crippen LogP contribution in [0, 0.1) is 0 Å². The molecule has 0 fully saturated rings. The van der Waals surface area contributed by atoms with Crippen molar-refractivity contribution in [3.8, 4) is 5.69 Å². The second-order valence-electron chi connectivity index (χ2n) is 6.42. The van der Waals surface area contributed by atoms with Gasteiger partial charge in [0.15, 0.2) is 5.65 Å². The fourth-order valence-corrected chi connectivity index (χ4v) is 3.12. The van der Waals surface area contributed by atoms with Crippen molar-refractivity contribution < 1.29 is 4.79 Å². The lowest BCUT2D eigenvalue weighted by atomic mass is 10.2. The monoisotopic (exact) mass is 382 g/mol. The number of benzene rings is 2. The van der Waals surface area contributed by atoms with Crippen LogP contribution in [-0.2, 0) is 0 Å². The van der Waals surface area contributed by atoms with Gasteiger partial charge in [0.1, 0.15) is 11.1 Å². The molecule has 1 amide bonds. The van der Waals surface area contributed by atoms with Crippen molar-refractivity contribution in [1.29, 1.82) is 0 Å². The minimum absolute atomic E-state index is 0.243. The molecule has 3 aromatic heterocycles. The van der Waals surface area contributed by atoms with Crippen LogP contribution in [0.3, 0.4) is 0 Å². The topological polar surface area (TPSA) is 106 Å². The molecular weight excluding hydrogens is 368 g/mol. The number of fused-ring (bicyclic) bond motifs is 2. The van der Waals surface area contributed by atoms with Gasteiger partial charge >= 0.3 is 0 Å². The van der Waals surface area contributed by atoms with E-state index < -0.39 is 0 Å². The van der Waals surface area contributed by atoms with E-state index in [4.69, 9.17) is 0 Å². The predicted octanol–water partition coefficient (Wildman–Crippen LogP) is 2.91. The van der Waals surface area contributed by atoms with Crippen molar-refractivity contribution >= 4 is 33.5 Å². The van der Waals surface area contributed by atoms with E-state index in [1.807, 2.05) is 30.3 Å². The van der Waals surface area contributed by atoms with Crippen molar-refractivity contribution in [2.24, 2.45) is 0 Å². The number of hydrogen-bond acceptors (Lipinski definition) is 5. The van der Waals surface area contributed by atoms with E-state index in [1.54, 1.807) is 35.0 Å². The molecule has 2 N–H and O–H groups in total. The molecule has 8 heteroatoms. The molecule has 5 aromatic rings. The van der Waals surface area contributed by atoms with E-state index in [0.29, 0.717) is 22.4 Å². The number of aromatic amines is 1. The SMILES string of the molecule is O=C(Nc1ccc(-n2ncc3c(=O)[nH]cnc32)cc1)c1ccc2ccccc2n1. The van der Waals surface area contributed by atoms with E-state index in [0.717, 1.165) is 16.6 Å². The molecule has 0 aliphatic rings. The molecule has 2 aromatic carbocycles. The fourth-order valence-electron chi connectivity index (χ4n) is 3.12. The van der Waals surface area contributed by atoms with E-state index >= 15 is 0 Å². The Morgan fingerprint density at radius 3 is 2.69 bits per heavy atom. The number of para-hydroxylation sites is 1. The Morgan fingerprint density at radius 2 is 1.83 bits per heavy atom. The normalized spacial score (nSPS) is 11.0. The highest BCUT2D eigenvalue weighted by atomic mass is 16.2. The maximum atomic E-state index is 12.5. The molecule has 0 radical (unpaired) electrons. The predicted molar refractivity (Wildman–Crippen MR) is 109 cm³/mol. The molecule has 0 atom stereocenters. The number of H-pyrrole nitrogens is 1. The molecule has 3 heterocycles. The number of nitrogens with zero attached hydrogens (tertiary/aromatic N) is 4. The van der Waals surface area contributed by atoms with Gasteiger partial charge in [0.05, 0.1) is 23.7 Å². The van der Waals surface area contributed by atoms with Crippen LogP contribution in [0.5, 0.6) is 0 Å². The largest absolute Gasteiger partial charge is 0.321 e. The van der Waals surface area contributed by atoms with Crippen LogP contribution < -0.4 is 10.9 Å². The smallest absolute Gasteiger partial charge is 0.274 e. The maximum Gasteiger partial charge on any atom is 0.274 e. The molecule has 29 heavy (non-hydrogen) atoms. The third kappa shape index (κ3) is 3.02. The van der Waals surface area contributed by atoms with Crippen LogP contribution in [0.25, 0.3) is 27.6 Å². The average Bonchev–Trinajstić information content (AvgIpc) is 3.19. The van der Waals surface area contributed by atoms with Gasteiger partial charge in [-0.05, 0) is 36.4 Å². The summed E-state index contributed by atoms with van der Waals surface area (Å²) in [5.41, 5.74) is 2.67. The third-order valence-electron chi connectivity index (χ3n) is 4.57. The minimum Gasteiger partial charge on any atom is -0.321 e. The van der Waals surface area contributed by atoms with Gasteiger partial charge in [-0.15, -0.1) is 0 Å². The zero-order chi connectivity index (χ0) is 19.8. The molecular formula is C21H14N6O2. The Bertz CT molecular complexity index is 1420. The number of nitrogens with one attached hydrogen (secondary N) is 2. The van der Waals surface area contributed by atoms with Gasteiger partial charge in [-0.25, -0.2) is 14.6 Å². The van der Waals surface area contributed by atoms with Gasteiger partial charge in [0, 0.05) is 11.1 Å². The fraction of sp³-hybridized carbons (Fsp3) is 0. The Kier molecular flexibility index (Phi) is 3.87. The first kappa shape index (κ1) is 16.8. The highest BCUT2D eigenvalue weighted by Gasteiger charge is 2.11. The van der Waals surface area contributed by atoms with E-state index in [2.05, 4.69) is 25.4 Å². The number of hydrogen-bond donors (Lipinski definition) is 2. The van der Waals surface area contributed by atoms with Crippen LogP contribution in [0.15, 0.2) is 78.0 Å². The van der Waals surface area contributed by atoms with Crippen LogP contribution >= 0.6 is 0 Å². The van der Waals surface area contributed by atoms with Crippen molar-refractivity contribution in [2.45, 2.75) is 0 Å². The van der Waals surface area contributed by atoms with Gasteiger partial charge in [-0.2, -0.15) is 5.10 Å². The number of anilines is 1. The maximum absolute atomic E-state index is 12.5. The van der Waals surface area contributed by atoms with E-state index in [1.165, 1.54) is 12.5 Å². The summed E-state index contributed by atoms with van der Waals surface area (Å²) in [5.74, 6) is -0.291. The molecule has 0 bridgehead atoms. The summed E-state index contributed by atoms with van der Waals surface area (Å²) in [4.78, 5) is 35.5. The summed E-state index contributed by atoms with van der Waals surface area (Å²) >= 11 is 0. The first-order valence-electron chi connectivity index (χ1n) is 8.88. The zero-order valence-electron chi connectivity index (χ0n) is 15.0. The number of pyridine rings is 1. The molecule has 0 saturated carbocycles. The van der Waals surface area contributed by atoms with Crippen LogP contribution in [0.4, 0.5) is 5.69 Å². The van der Waals surface area contributed by atoms with Crippen LogP contribution in [0.1, 0.15) is 10.5 Å². The molecule has 0 aliphatic heterocycles. The Labute approximate surface area is 163 Å². The van der Waals surface area contributed by atoms with Crippen molar-refractivity contribution in [3.05, 3.63) is 89.2 Å². The highest BCUT2D eigenvalue weighted by Crippen LogP contribution is 2.17.